The Morgan fingerprint density at radius 1 is 1.21 bits per heavy atom. The van der Waals surface area contributed by atoms with Gasteiger partial charge in [-0.25, -0.2) is 13.2 Å². The number of ether oxygens (including phenoxy) is 1. The van der Waals surface area contributed by atoms with E-state index in [0.29, 0.717) is 6.42 Å². The molecule has 9 nitrogen and oxygen atoms in total. The van der Waals surface area contributed by atoms with Gasteiger partial charge in [-0.05, 0) is 13.3 Å². The third-order valence-electron chi connectivity index (χ3n) is 4.31. The van der Waals surface area contributed by atoms with E-state index in [9.17, 15) is 21.6 Å². The number of carbonyl (C=O) groups excluding carboxylic acids is 1. The normalized spacial score (nSPS) is 25.1. The molecule has 140 valence electrons. The van der Waals surface area contributed by atoms with E-state index in [1.165, 1.54) is 13.5 Å². The zero-order valence-electron chi connectivity index (χ0n) is 14.0. The topological polar surface area (TPSA) is 104 Å². The summed E-state index contributed by atoms with van der Waals surface area (Å²) in [5, 5.41) is 0. The highest BCUT2D eigenvalue weighted by Gasteiger charge is 2.41. The molecular formula is C13H25N3O6S2. The highest BCUT2D eigenvalue weighted by atomic mass is 32.2. The second kappa shape index (κ2) is 7.54. The smallest absolute Gasteiger partial charge is 0.409 e. The fraction of sp³-hybridized carbons (Fsp3) is 0.923. The van der Waals surface area contributed by atoms with Crippen LogP contribution in [0, 0.1) is 0 Å². The largest absolute Gasteiger partial charge is 0.450 e. The number of sulfone groups is 1. The lowest BCUT2D eigenvalue weighted by Crippen LogP contribution is -2.56. The molecule has 0 aliphatic carbocycles. The predicted octanol–water partition coefficient (Wildman–Crippen LogP) is -0.486. The van der Waals surface area contributed by atoms with Crippen LogP contribution in [0.25, 0.3) is 0 Å². The predicted molar refractivity (Wildman–Crippen MR) is 88.5 cm³/mol. The van der Waals surface area contributed by atoms with Gasteiger partial charge in [-0.2, -0.15) is 17.0 Å². The van der Waals surface area contributed by atoms with E-state index in [-0.39, 0.29) is 50.8 Å². The van der Waals surface area contributed by atoms with Gasteiger partial charge in [-0.15, -0.1) is 0 Å². The van der Waals surface area contributed by atoms with Gasteiger partial charge in [0.1, 0.15) is 0 Å². The molecule has 11 heteroatoms. The van der Waals surface area contributed by atoms with E-state index >= 15 is 0 Å². The van der Waals surface area contributed by atoms with Crippen molar-refractivity contribution >= 4 is 26.1 Å². The molecule has 0 saturated carbocycles. The monoisotopic (exact) mass is 383 g/mol. The van der Waals surface area contributed by atoms with Crippen molar-refractivity contribution in [1.82, 2.24) is 13.5 Å². The molecule has 1 amide bonds. The first-order valence-corrected chi connectivity index (χ1v) is 11.3. The molecule has 0 aromatic rings. The van der Waals surface area contributed by atoms with Crippen LogP contribution in [-0.2, 0) is 24.8 Å². The van der Waals surface area contributed by atoms with Crippen LogP contribution < -0.4 is 0 Å². The summed E-state index contributed by atoms with van der Waals surface area (Å²) in [4.78, 5) is 13.2. The molecular weight excluding hydrogens is 358 g/mol. The van der Waals surface area contributed by atoms with Crippen molar-refractivity contribution < 1.29 is 26.4 Å². The van der Waals surface area contributed by atoms with Gasteiger partial charge in [0.05, 0.1) is 18.1 Å². The van der Waals surface area contributed by atoms with Crippen LogP contribution in [0.15, 0.2) is 0 Å². The van der Waals surface area contributed by atoms with Crippen LogP contribution in [0.3, 0.4) is 0 Å². The zero-order valence-corrected chi connectivity index (χ0v) is 15.7. The Morgan fingerprint density at radius 2 is 1.83 bits per heavy atom. The highest BCUT2D eigenvalue weighted by molar-refractivity contribution is 7.91. The van der Waals surface area contributed by atoms with E-state index in [4.69, 9.17) is 4.74 Å². The van der Waals surface area contributed by atoms with Gasteiger partial charge in [0.25, 0.3) is 10.2 Å². The average Bonchev–Trinajstić information content (AvgIpc) is 2.88. The van der Waals surface area contributed by atoms with Crippen LogP contribution in [0.5, 0.6) is 0 Å². The first kappa shape index (κ1) is 19.4. The van der Waals surface area contributed by atoms with Crippen molar-refractivity contribution in [2.45, 2.75) is 26.3 Å². The maximum absolute atomic E-state index is 12.8. The summed E-state index contributed by atoms with van der Waals surface area (Å²) in [5.41, 5.74) is 0. The van der Waals surface area contributed by atoms with E-state index in [1.807, 2.05) is 0 Å². The lowest BCUT2D eigenvalue weighted by molar-refractivity contribution is 0.0921. The second-order valence-electron chi connectivity index (χ2n) is 5.85. The standard InChI is InChI=1S/C13H25N3O6S2/c1-3-16(12-5-10-23(18,19)11-12)24(20,21)15-8-6-14(7-9-15)13(17)22-4-2/h12H,3-11H2,1-2H3. The van der Waals surface area contributed by atoms with Crippen molar-refractivity contribution in [3.8, 4) is 0 Å². The summed E-state index contributed by atoms with van der Waals surface area (Å²) < 4.78 is 56.5. The van der Waals surface area contributed by atoms with Gasteiger partial charge < -0.3 is 9.64 Å². The van der Waals surface area contributed by atoms with Crippen molar-refractivity contribution in [2.24, 2.45) is 0 Å². The summed E-state index contributed by atoms with van der Waals surface area (Å²) in [6.45, 7) is 4.80. The molecule has 1 atom stereocenters. The Morgan fingerprint density at radius 3 is 2.29 bits per heavy atom. The Labute approximate surface area is 143 Å². The Hall–Kier alpha value is -0.910. The van der Waals surface area contributed by atoms with Gasteiger partial charge in [0, 0.05) is 38.8 Å². The molecule has 2 aliphatic rings. The fourth-order valence-corrected chi connectivity index (χ4v) is 6.71. The molecule has 0 bridgehead atoms. The Balaban J connectivity index is 2.03. The molecule has 0 radical (unpaired) electrons. The Bertz CT molecular complexity index is 655. The van der Waals surface area contributed by atoms with Crippen LogP contribution in [0.1, 0.15) is 20.3 Å². The number of hydrogen-bond donors (Lipinski definition) is 0. The maximum atomic E-state index is 12.8. The molecule has 0 N–H and O–H groups in total. The summed E-state index contributed by atoms with van der Waals surface area (Å²) >= 11 is 0. The van der Waals surface area contributed by atoms with Crippen LogP contribution >= 0.6 is 0 Å². The third-order valence-corrected chi connectivity index (χ3v) is 8.23. The van der Waals surface area contributed by atoms with Gasteiger partial charge in [-0.1, -0.05) is 6.92 Å². The number of piperazine rings is 1. The third kappa shape index (κ3) is 4.19. The number of carbonyl (C=O) groups is 1. The SMILES string of the molecule is CCOC(=O)N1CCN(S(=O)(=O)N(CC)C2CCS(=O)(=O)C2)CC1. The molecule has 2 saturated heterocycles. The number of amides is 1. The maximum Gasteiger partial charge on any atom is 0.409 e. The van der Waals surface area contributed by atoms with Crippen LogP contribution in [0.4, 0.5) is 4.79 Å². The van der Waals surface area contributed by atoms with E-state index in [0.717, 1.165) is 0 Å². The fourth-order valence-electron chi connectivity index (χ4n) is 3.08. The van der Waals surface area contributed by atoms with Gasteiger partial charge >= 0.3 is 6.09 Å². The minimum atomic E-state index is -3.75. The summed E-state index contributed by atoms with van der Waals surface area (Å²) in [6.07, 6.45) is -0.109. The van der Waals surface area contributed by atoms with Crippen molar-refractivity contribution in [1.29, 1.82) is 0 Å². The first-order chi connectivity index (χ1) is 11.2. The quantitative estimate of drug-likeness (QED) is 0.635. The van der Waals surface area contributed by atoms with Crippen molar-refractivity contribution in [2.75, 3.05) is 50.8 Å². The van der Waals surface area contributed by atoms with Crippen molar-refractivity contribution in [3.05, 3.63) is 0 Å². The lowest BCUT2D eigenvalue weighted by Gasteiger charge is -2.37. The molecule has 2 rings (SSSR count). The van der Waals surface area contributed by atoms with E-state index < -0.39 is 32.2 Å². The minimum absolute atomic E-state index is 0.0281. The number of hydrogen-bond acceptors (Lipinski definition) is 6. The first-order valence-electron chi connectivity index (χ1n) is 8.10. The average molecular weight is 383 g/mol. The molecule has 1 unspecified atom stereocenters. The summed E-state index contributed by atoms with van der Waals surface area (Å²) in [6, 6.07) is -0.506. The van der Waals surface area contributed by atoms with Gasteiger partial charge in [0.15, 0.2) is 9.84 Å². The molecule has 0 aromatic heterocycles. The summed E-state index contributed by atoms with van der Waals surface area (Å²) in [7, 11) is -6.91. The number of rotatable bonds is 5. The van der Waals surface area contributed by atoms with Crippen LogP contribution in [0.2, 0.25) is 0 Å². The van der Waals surface area contributed by atoms with Crippen molar-refractivity contribution in [3.63, 3.8) is 0 Å². The second-order valence-corrected chi connectivity index (χ2v) is 9.96. The highest BCUT2D eigenvalue weighted by Crippen LogP contribution is 2.23. The molecule has 2 heterocycles. The molecule has 0 spiro atoms. The molecule has 24 heavy (non-hydrogen) atoms. The zero-order chi connectivity index (χ0) is 18.0. The molecule has 2 fully saturated rings. The Kier molecular flexibility index (Phi) is 6.10. The van der Waals surface area contributed by atoms with E-state index in [1.54, 1.807) is 13.8 Å². The van der Waals surface area contributed by atoms with Gasteiger partial charge in [-0.3, -0.25) is 0 Å². The summed E-state index contributed by atoms with van der Waals surface area (Å²) in [5.74, 6) is -0.0941. The van der Waals surface area contributed by atoms with Crippen LogP contribution in [-0.4, -0.2) is 93.3 Å². The van der Waals surface area contributed by atoms with Gasteiger partial charge in [0.2, 0.25) is 0 Å². The number of nitrogens with zero attached hydrogens (tertiary/aromatic N) is 3. The minimum Gasteiger partial charge on any atom is -0.450 e. The van der Waals surface area contributed by atoms with E-state index in [2.05, 4.69) is 0 Å². The molecule has 2 aliphatic heterocycles. The lowest BCUT2D eigenvalue weighted by atomic mass is 10.3. The molecule has 0 aromatic carbocycles.